The van der Waals surface area contributed by atoms with E-state index in [-0.39, 0.29) is 23.2 Å². The van der Waals surface area contributed by atoms with Crippen LogP contribution in [0.4, 0.5) is 0 Å². The number of carbonyl (C=O) groups excluding carboxylic acids is 1. The second kappa shape index (κ2) is 6.11. The van der Waals surface area contributed by atoms with Crippen molar-refractivity contribution in [3.8, 4) is 0 Å². The van der Waals surface area contributed by atoms with Crippen molar-refractivity contribution in [2.24, 2.45) is 0 Å². The molecule has 0 saturated carbocycles. The fraction of sp³-hybridized carbons (Fsp3) is 0.429. The Morgan fingerprint density at radius 2 is 2.04 bits per heavy atom. The zero-order chi connectivity index (χ0) is 16.4. The maximum atomic E-state index is 12.5. The number of rotatable bonds is 3. The molecule has 2 aromatic rings. The number of nitrogens with zero attached hydrogens (tertiary/aromatic N) is 5. The molecule has 0 aliphatic carbocycles. The summed E-state index contributed by atoms with van der Waals surface area (Å²) in [5, 5.41) is 12.6. The van der Waals surface area contributed by atoms with Gasteiger partial charge < -0.3 is 14.5 Å². The summed E-state index contributed by atoms with van der Waals surface area (Å²) in [5.74, 6) is -0.359. The smallest absolute Gasteiger partial charge is 0.356 e. The molecule has 9 heteroatoms. The Bertz CT molecular complexity index is 727. The minimum absolute atomic E-state index is 0.000141. The van der Waals surface area contributed by atoms with E-state index in [2.05, 4.69) is 20.1 Å². The van der Waals surface area contributed by atoms with Crippen LogP contribution in [0.2, 0.25) is 0 Å². The molecule has 1 saturated heterocycles. The number of hydrogen-bond acceptors (Lipinski definition) is 7. The highest BCUT2D eigenvalue weighted by atomic mass is 16.5. The molecule has 9 nitrogen and oxygen atoms in total. The molecule has 1 fully saturated rings. The molecule has 1 amide bonds. The number of aromatic nitrogens is 4. The summed E-state index contributed by atoms with van der Waals surface area (Å²) in [7, 11) is 0. The first-order chi connectivity index (χ1) is 11.0. The zero-order valence-electron chi connectivity index (χ0n) is 12.5. The number of hydrogen-bond donors (Lipinski definition) is 1. The van der Waals surface area contributed by atoms with Crippen molar-refractivity contribution in [3.05, 3.63) is 35.5 Å². The maximum Gasteiger partial charge on any atom is 0.356 e. The molecule has 1 N–H and O–H groups in total. The monoisotopic (exact) mass is 317 g/mol. The maximum absolute atomic E-state index is 12.5. The Morgan fingerprint density at radius 3 is 2.65 bits per heavy atom. The molecule has 3 heterocycles. The molecule has 0 aromatic carbocycles. The summed E-state index contributed by atoms with van der Waals surface area (Å²) in [6.45, 7) is 2.81. The molecular formula is C14H15N5O4. The Kier molecular flexibility index (Phi) is 4.00. The Balaban J connectivity index is 1.72. The van der Waals surface area contributed by atoms with Crippen molar-refractivity contribution >= 4 is 11.9 Å². The minimum atomic E-state index is -1.18. The normalized spacial score (nSPS) is 18.0. The van der Waals surface area contributed by atoms with Gasteiger partial charge >= 0.3 is 5.97 Å². The third kappa shape index (κ3) is 3.17. The van der Waals surface area contributed by atoms with Crippen LogP contribution in [0.25, 0.3) is 0 Å². The number of carbonyl (C=O) groups is 2. The lowest BCUT2D eigenvalue weighted by atomic mass is 9.97. The SMILES string of the molecule is Cc1noc(C2CCCN(C(=O)c3cnc(C(=O)O)cn3)C2)n1. The first-order valence-corrected chi connectivity index (χ1v) is 7.19. The first kappa shape index (κ1) is 15.1. The van der Waals surface area contributed by atoms with Crippen LogP contribution in [0.5, 0.6) is 0 Å². The topological polar surface area (TPSA) is 122 Å². The zero-order valence-corrected chi connectivity index (χ0v) is 12.5. The number of piperidine rings is 1. The van der Waals surface area contributed by atoms with Crippen molar-refractivity contribution in [1.82, 2.24) is 25.0 Å². The van der Waals surface area contributed by atoms with Gasteiger partial charge in [0.05, 0.1) is 18.3 Å². The van der Waals surface area contributed by atoms with Gasteiger partial charge in [-0.25, -0.2) is 14.8 Å². The fourth-order valence-corrected chi connectivity index (χ4v) is 2.55. The number of aryl methyl sites for hydroxylation is 1. The van der Waals surface area contributed by atoms with E-state index < -0.39 is 5.97 Å². The van der Waals surface area contributed by atoms with Gasteiger partial charge in [0, 0.05) is 13.1 Å². The molecule has 0 spiro atoms. The van der Waals surface area contributed by atoms with Crippen molar-refractivity contribution < 1.29 is 19.2 Å². The van der Waals surface area contributed by atoms with Crippen LogP contribution in [-0.2, 0) is 0 Å². The molecular weight excluding hydrogens is 302 g/mol. The molecule has 0 radical (unpaired) electrons. The van der Waals surface area contributed by atoms with Crippen LogP contribution in [-0.4, -0.2) is 55.1 Å². The molecule has 120 valence electrons. The van der Waals surface area contributed by atoms with Gasteiger partial charge in [0.25, 0.3) is 5.91 Å². The van der Waals surface area contributed by atoms with Crippen LogP contribution < -0.4 is 0 Å². The second-order valence-electron chi connectivity index (χ2n) is 5.36. The highest BCUT2D eigenvalue weighted by Gasteiger charge is 2.29. The Labute approximate surface area is 131 Å². The van der Waals surface area contributed by atoms with Gasteiger partial charge in [-0.1, -0.05) is 5.16 Å². The quantitative estimate of drug-likeness (QED) is 0.885. The van der Waals surface area contributed by atoms with Crippen LogP contribution in [0.15, 0.2) is 16.9 Å². The van der Waals surface area contributed by atoms with E-state index in [1.54, 1.807) is 11.8 Å². The molecule has 1 aliphatic rings. The lowest BCUT2D eigenvalue weighted by molar-refractivity contribution is 0.0672. The predicted molar refractivity (Wildman–Crippen MR) is 75.9 cm³/mol. The molecule has 1 aliphatic heterocycles. The summed E-state index contributed by atoms with van der Waals surface area (Å²) in [6, 6.07) is 0. The average molecular weight is 317 g/mol. The minimum Gasteiger partial charge on any atom is -0.476 e. The number of carboxylic acid groups (broad SMARTS) is 1. The highest BCUT2D eigenvalue weighted by molar-refractivity contribution is 5.92. The summed E-state index contributed by atoms with van der Waals surface area (Å²) in [6.07, 6.45) is 3.96. The number of aromatic carboxylic acids is 1. The van der Waals surface area contributed by atoms with E-state index in [0.29, 0.717) is 24.8 Å². The van der Waals surface area contributed by atoms with Gasteiger partial charge in [-0.15, -0.1) is 0 Å². The van der Waals surface area contributed by atoms with Gasteiger partial charge in [-0.05, 0) is 19.8 Å². The number of amides is 1. The third-order valence-electron chi connectivity index (χ3n) is 3.69. The highest BCUT2D eigenvalue weighted by Crippen LogP contribution is 2.26. The Hall–Kier alpha value is -2.84. The fourth-order valence-electron chi connectivity index (χ4n) is 2.55. The molecule has 1 unspecified atom stereocenters. The van der Waals surface area contributed by atoms with E-state index in [0.717, 1.165) is 19.0 Å². The van der Waals surface area contributed by atoms with Crippen LogP contribution in [0.1, 0.15) is 51.5 Å². The van der Waals surface area contributed by atoms with E-state index in [1.165, 1.54) is 6.20 Å². The second-order valence-corrected chi connectivity index (χ2v) is 5.36. The molecule has 2 aromatic heterocycles. The third-order valence-corrected chi connectivity index (χ3v) is 3.69. The van der Waals surface area contributed by atoms with Crippen molar-refractivity contribution in [1.29, 1.82) is 0 Å². The summed E-state index contributed by atoms with van der Waals surface area (Å²) in [5.41, 5.74) is -0.0724. The summed E-state index contributed by atoms with van der Waals surface area (Å²) < 4.78 is 5.19. The lowest BCUT2D eigenvalue weighted by Gasteiger charge is -2.30. The van der Waals surface area contributed by atoms with Crippen LogP contribution in [0.3, 0.4) is 0 Å². The van der Waals surface area contributed by atoms with Crippen molar-refractivity contribution in [2.45, 2.75) is 25.7 Å². The van der Waals surface area contributed by atoms with E-state index >= 15 is 0 Å². The average Bonchev–Trinajstić information content (AvgIpc) is 3.01. The molecule has 23 heavy (non-hydrogen) atoms. The molecule has 1 atom stereocenters. The number of carboxylic acids is 1. The van der Waals surface area contributed by atoms with E-state index in [1.807, 2.05) is 0 Å². The molecule has 3 rings (SSSR count). The van der Waals surface area contributed by atoms with Gasteiger partial charge in [0.1, 0.15) is 5.69 Å². The Morgan fingerprint density at radius 1 is 1.30 bits per heavy atom. The van der Waals surface area contributed by atoms with E-state index in [4.69, 9.17) is 9.63 Å². The molecule has 0 bridgehead atoms. The van der Waals surface area contributed by atoms with E-state index in [9.17, 15) is 9.59 Å². The first-order valence-electron chi connectivity index (χ1n) is 7.19. The largest absolute Gasteiger partial charge is 0.476 e. The van der Waals surface area contributed by atoms with Gasteiger partial charge in [-0.3, -0.25) is 4.79 Å². The van der Waals surface area contributed by atoms with Crippen molar-refractivity contribution in [2.75, 3.05) is 13.1 Å². The van der Waals surface area contributed by atoms with Gasteiger partial charge in [0.15, 0.2) is 11.5 Å². The number of likely N-dealkylation sites (tertiary alicyclic amines) is 1. The van der Waals surface area contributed by atoms with Crippen LogP contribution in [0, 0.1) is 6.92 Å². The standard InChI is InChI=1S/C14H15N5O4/c1-8-17-12(23-18-8)9-3-2-4-19(7-9)13(20)10-5-16-11(6-15-10)14(21)22/h5-6,9H,2-4,7H2,1H3,(H,21,22). The van der Waals surface area contributed by atoms with Gasteiger partial charge in [0.2, 0.25) is 5.89 Å². The summed E-state index contributed by atoms with van der Waals surface area (Å²) >= 11 is 0. The van der Waals surface area contributed by atoms with Gasteiger partial charge in [-0.2, -0.15) is 4.98 Å². The van der Waals surface area contributed by atoms with Crippen LogP contribution >= 0.6 is 0 Å². The summed E-state index contributed by atoms with van der Waals surface area (Å²) in [4.78, 5) is 36.7. The lowest BCUT2D eigenvalue weighted by Crippen LogP contribution is -2.39. The predicted octanol–water partition coefficient (Wildman–Crippen LogP) is 0.886. The van der Waals surface area contributed by atoms with Crippen molar-refractivity contribution in [3.63, 3.8) is 0 Å².